The van der Waals surface area contributed by atoms with Crippen LogP contribution in [0.5, 0.6) is 0 Å². The van der Waals surface area contributed by atoms with Gasteiger partial charge in [0.2, 0.25) is 0 Å². The van der Waals surface area contributed by atoms with Crippen molar-refractivity contribution in [3.05, 3.63) is 75.8 Å². The van der Waals surface area contributed by atoms with Crippen molar-refractivity contribution in [1.82, 2.24) is 19.9 Å². The number of fused-ring (bicyclic) bond motifs is 1. The van der Waals surface area contributed by atoms with Gasteiger partial charge in [-0.2, -0.15) is 0 Å². The third-order valence-corrected chi connectivity index (χ3v) is 5.47. The number of nitrogens with zero attached hydrogens (tertiary/aromatic N) is 3. The number of halogens is 2. The first-order valence-corrected chi connectivity index (χ1v) is 10.1. The monoisotopic (exact) mass is 425 g/mol. The zero-order valence-electron chi connectivity index (χ0n) is 16.4. The molecular weight excluding hydrogens is 405 g/mol. The Kier molecular flexibility index (Phi) is 5.19. The Labute approximate surface area is 179 Å². The maximum atomic E-state index is 6.30. The molecule has 0 spiro atoms. The number of H-pyrrole nitrogens is 1. The van der Waals surface area contributed by atoms with Crippen molar-refractivity contribution in [3.8, 4) is 0 Å². The van der Waals surface area contributed by atoms with Gasteiger partial charge < -0.3 is 10.3 Å². The van der Waals surface area contributed by atoms with Gasteiger partial charge in [0.1, 0.15) is 17.7 Å². The van der Waals surface area contributed by atoms with Crippen molar-refractivity contribution in [2.24, 2.45) is 0 Å². The Balaban J connectivity index is 1.63. The third kappa shape index (κ3) is 4.21. The molecule has 0 saturated carbocycles. The SMILES string of the molecule is CC(C)(C)c1ccc(Nc2ncnc3nc(Cc4c(Cl)cccc4Cl)[nH]c23)cc1. The van der Waals surface area contributed by atoms with Crippen molar-refractivity contribution in [1.29, 1.82) is 0 Å². The summed E-state index contributed by atoms with van der Waals surface area (Å²) in [6, 6.07) is 13.8. The second kappa shape index (κ2) is 7.65. The first-order chi connectivity index (χ1) is 13.8. The van der Waals surface area contributed by atoms with E-state index in [1.165, 1.54) is 11.9 Å². The van der Waals surface area contributed by atoms with E-state index in [-0.39, 0.29) is 5.41 Å². The quantitative estimate of drug-likeness (QED) is 0.402. The summed E-state index contributed by atoms with van der Waals surface area (Å²) in [5, 5.41) is 4.58. The molecule has 0 aliphatic heterocycles. The van der Waals surface area contributed by atoms with Gasteiger partial charge in [0.25, 0.3) is 0 Å². The van der Waals surface area contributed by atoms with Crippen LogP contribution in [0.2, 0.25) is 10.0 Å². The molecule has 0 amide bonds. The van der Waals surface area contributed by atoms with Crippen molar-refractivity contribution in [2.75, 3.05) is 5.32 Å². The minimum absolute atomic E-state index is 0.110. The molecule has 0 radical (unpaired) electrons. The summed E-state index contributed by atoms with van der Waals surface area (Å²) < 4.78 is 0. The molecule has 7 heteroatoms. The van der Waals surface area contributed by atoms with Crippen LogP contribution < -0.4 is 5.32 Å². The number of hydrogen-bond acceptors (Lipinski definition) is 4. The second-order valence-corrected chi connectivity index (χ2v) is 8.75. The summed E-state index contributed by atoms with van der Waals surface area (Å²) in [5.74, 6) is 1.39. The molecule has 4 rings (SSSR count). The average molecular weight is 426 g/mol. The molecule has 0 aliphatic carbocycles. The van der Waals surface area contributed by atoms with E-state index in [1.807, 2.05) is 18.2 Å². The van der Waals surface area contributed by atoms with Crippen molar-refractivity contribution in [2.45, 2.75) is 32.6 Å². The van der Waals surface area contributed by atoms with E-state index in [2.05, 4.69) is 70.3 Å². The zero-order valence-corrected chi connectivity index (χ0v) is 17.9. The van der Waals surface area contributed by atoms with Crippen molar-refractivity contribution < 1.29 is 0 Å². The maximum absolute atomic E-state index is 6.30. The van der Waals surface area contributed by atoms with Crippen LogP contribution in [0.4, 0.5) is 11.5 Å². The van der Waals surface area contributed by atoms with E-state index >= 15 is 0 Å². The summed E-state index contributed by atoms with van der Waals surface area (Å²) in [6.45, 7) is 6.59. The Morgan fingerprint density at radius 1 is 0.966 bits per heavy atom. The lowest BCUT2D eigenvalue weighted by atomic mass is 9.87. The summed E-state index contributed by atoms with van der Waals surface area (Å²) in [5.41, 5.74) is 4.49. The smallest absolute Gasteiger partial charge is 0.183 e. The fourth-order valence-electron chi connectivity index (χ4n) is 3.11. The lowest BCUT2D eigenvalue weighted by Crippen LogP contribution is -2.10. The third-order valence-electron chi connectivity index (χ3n) is 4.76. The van der Waals surface area contributed by atoms with Crippen LogP contribution in [0.15, 0.2) is 48.8 Å². The zero-order chi connectivity index (χ0) is 20.6. The number of rotatable bonds is 4. The molecule has 0 bridgehead atoms. The van der Waals surface area contributed by atoms with Gasteiger partial charge in [-0.15, -0.1) is 0 Å². The van der Waals surface area contributed by atoms with Crippen molar-refractivity contribution >= 4 is 45.9 Å². The summed E-state index contributed by atoms with van der Waals surface area (Å²) in [6.07, 6.45) is 1.98. The number of aromatic nitrogens is 4. The number of nitrogens with one attached hydrogen (secondary N) is 2. The van der Waals surface area contributed by atoms with Crippen LogP contribution in [0.1, 0.15) is 37.7 Å². The van der Waals surface area contributed by atoms with Crippen molar-refractivity contribution in [3.63, 3.8) is 0 Å². The number of hydrogen-bond donors (Lipinski definition) is 2. The highest BCUT2D eigenvalue weighted by Crippen LogP contribution is 2.29. The van der Waals surface area contributed by atoms with Gasteiger partial charge in [-0.05, 0) is 40.8 Å². The van der Waals surface area contributed by atoms with Gasteiger partial charge >= 0.3 is 0 Å². The molecule has 29 heavy (non-hydrogen) atoms. The molecular formula is C22H21Cl2N5. The Morgan fingerprint density at radius 3 is 2.31 bits per heavy atom. The largest absolute Gasteiger partial charge is 0.338 e. The lowest BCUT2D eigenvalue weighted by Gasteiger charge is -2.19. The van der Waals surface area contributed by atoms with Crippen LogP contribution in [-0.4, -0.2) is 19.9 Å². The van der Waals surface area contributed by atoms with Gasteiger partial charge in [0.05, 0.1) is 0 Å². The van der Waals surface area contributed by atoms with Gasteiger partial charge in [-0.25, -0.2) is 15.0 Å². The molecule has 5 nitrogen and oxygen atoms in total. The van der Waals surface area contributed by atoms with Crippen LogP contribution in [0, 0.1) is 0 Å². The van der Waals surface area contributed by atoms with E-state index in [0.717, 1.165) is 22.6 Å². The fourth-order valence-corrected chi connectivity index (χ4v) is 3.64. The highest BCUT2D eigenvalue weighted by molar-refractivity contribution is 6.36. The van der Waals surface area contributed by atoms with Crippen LogP contribution >= 0.6 is 23.2 Å². The highest BCUT2D eigenvalue weighted by atomic mass is 35.5. The molecule has 0 aliphatic rings. The van der Waals surface area contributed by atoms with Gasteiger partial charge in [0, 0.05) is 22.2 Å². The summed E-state index contributed by atoms with van der Waals surface area (Å²) in [4.78, 5) is 16.5. The van der Waals surface area contributed by atoms with Crippen LogP contribution in [-0.2, 0) is 11.8 Å². The molecule has 0 saturated heterocycles. The molecule has 2 N–H and O–H groups in total. The molecule has 2 aromatic heterocycles. The predicted molar refractivity (Wildman–Crippen MR) is 119 cm³/mol. The lowest BCUT2D eigenvalue weighted by molar-refractivity contribution is 0.590. The first-order valence-electron chi connectivity index (χ1n) is 9.31. The number of anilines is 2. The van der Waals surface area contributed by atoms with Crippen LogP contribution in [0.25, 0.3) is 11.2 Å². The Morgan fingerprint density at radius 2 is 1.66 bits per heavy atom. The predicted octanol–water partition coefficient (Wildman–Crippen LogP) is 6.29. The Hall–Kier alpha value is -2.63. The van der Waals surface area contributed by atoms with Gasteiger partial charge in [0.15, 0.2) is 11.5 Å². The number of aromatic amines is 1. The topological polar surface area (TPSA) is 66.5 Å². The minimum Gasteiger partial charge on any atom is -0.338 e. The van der Waals surface area contributed by atoms with E-state index in [9.17, 15) is 0 Å². The molecule has 2 aromatic carbocycles. The maximum Gasteiger partial charge on any atom is 0.183 e. The first kappa shape index (κ1) is 19.7. The molecule has 0 atom stereocenters. The fraction of sp³-hybridized carbons (Fsp3) is 0.227. The van der Waals surface area contributed by atoms with E-state index in [1.54, 1.807) is 0 Å². The van der Waals surface area contributed by atoms with Gasteiger partial charge in [-0.1, -0.05) is 62.2 Å². The highest BCUT2D eigenvalue weighted by Gasteiger charge is 2.15. The molecule has 2 heterocycles. The normalized spacial score (nSPS) is 11.8. The Bertz CT molecular complexity index is 1140. The van der Waals surface area contributed by atoms with E-state index in [0.29, 0.717) is 27.9 Å². The summed E-state index contributed by atoms with van der Waals surface area (Å²) >= 11 is 12.6. The standard InChI is InChI=1S/C22H21Cl2N5/c1-22(2,3)13-7-9-14(10-8-13)27-20-19-21(26-12-25-20)29-18(28-19)11-15-16(23)5-4-6-17(15)24/h4-10,12H,11H2,1-3H3,(H2,25,26,27,28,29). The summed E-state index contributed by atoms with van der Waals surface area (Å²) in [7, 11) is 0. The van der Waals surface area contributed by atoms with E-state index in [4.69, 9.17) is 23.2 Å². The molecule has 4 aromatic rings. The number of imidazole rings is 1. The molecule has 148 valence electrons. The molecule has 0 unspecified atom stereocenters. The average Bonchev–Trinajstić information content (AvgIpc) is 3.08. The van der Waals surface area contributed by atoms with Gasteiger partial charge in [-0.3, -0.25) is 0 Å². The number of benzene rings is 2. The van der Waals surface area contributed by atoms with Crippen LogP contribution in [0.3, 0.4) is 0 Å². The van der Waals surface area contributed by atoms with E-state index < -0.39 is 0 Å². The second-order valence-electron chi connectivity index (χ2n) is 7.93. The minimum atomic E-state index is 0.110. The molecule has 0 fully saturated rings.